The highest BCUT2D eigenvalue weighted by Gasteiger charge is 2.24. The van der Waals surface area contributed by atoms with E-state index in [9.17, 15) is 10.0 Å². The van der Waals surface area contributed by atoms with Crippen LogP contribution in [-0.4, -0.2) is 36.2 Å². The number of quaternary nitrogens is 1. The fraction of sp³-hybridized carbons (Fsp3) is 0.800. The lowest BCUT2D eigenvalue weighted by Gasteiger charge is -2.35. The van der Waals surface area contributed by atoms with Crippen LogP contribution in [0.4, 0.5) is 0 Å². The number of nitrogens with one attached hydrogen (secondary N) is 1. The molecule has 1 fully saturated rings. The zero-order valence-corrected chi connectivity index (χ0v) is 6.23. The van der Waals surface area contributed by atoms with Gasteiger partial charge in [0.2, 0.25) is 0 Å². The second-order valence-corrected chi connectivity index (χ2v) is 2.87. The molecule has 1 N–H and O–H groups in total. The van der Waals surface area contributed by atoms with Gasteiger partial charge in [0.05, 0.1) is 13.1 Å². The Balaban J connectivity index is 2.43. The first-order valence-electron chi connectivity index (χ1n) is 3.09. The summed E-state index contributed by atoms with van der Waals surface area (Å²) >= 11 is 5.07. The standard InChI is InChI=1S/C5H9ClN2O2/c6-5(9)3-8(10)2-1-7-4-8/h7H,1-4H2. The van der Waals surface area contributed by atoms with Gasteiger partial charge in [0.1, 0.15) is 6.67 Å². The van der Waals surface area contributed by atoms with Crippen LogP contribution in [0.5, 0.6) is 0 Å². The van der Waals surface area contributed by atoms with Crippen LogP contribution < -0.4 is 5.32 Å². The van der Waals surface area contributed by atoms with E-state index in [1.807, 2.05) is 0 Å². The summed E-state index contributed by atoms with van der Waals surface area (Å²) in [5.74, 6) is 0. The van der Waals surface area contributed by atoms with E-state index in [0.29, 0.717) is 19.8 Å². The Labute approximate surface area is 63.9 Å². The Bertz CT molecular complexity index is 145. The van der Waals surface area contributed by atoms with Gasteiger partial charge >= 0.3 is 0 Å². The van der Waals surface area contributed by atoms with Crippen LogP contribution >= 0.6 is 11.6 Å². The number of hydrogen-bond donors (Lipinski definition) is 1. The van der Waals surface area contributed by atoms with E-state index in [4.69, 9.17) is 11.6 Å². The van der Waals surface area contributed by atoms with Crippen molar-refractivity contribution >= 4 is 16.8 Å². The molecule has 1 aliphatic heterocycles. The molecule has 0 aromatic carbocycles. The molecule has 10 heavy (non-hydrogen) atoms. The molecule has 4 nitrogen and oxygen atoms in total. The highest BCUT2D eigenvalue weighted by atomic mass is 35.5. The summed E-state index contributed by atoms with van der Waals surface area (Å²) in [6.45, 7) is 1.30. The smallest absolute Gasteiger partial charge is 0.276 e. The Morgan fingerprint density at radius 2 is 2.50 bits per heavy atom. The van der Waals surface area contributed by atoms with E-state index in [0.717, 1.165) is 0 Å². The highest BCUT2D eigenvalue weighted by Crippen LogP contribution is 2.06. The summed E-state index contributed by atoms with van der Waals surface area (Å²) in [6.07, 6.45) is 0. The van der Waals surface area contributed by atoms with Crippen molar-refractivity contribution in [2.45, 2.75) is 0 Å². The van der Waals surface area contributed by atoms with Gasteiger partial charge in [-0.05, 0) is 11.6 Å². The molecule has 1 atom stereocenters. The monoisotopic (exact) mass is 164 g/mol. The van der Waals surface area contributed by atoms with E-state index < -0.39 is 9.89 Å². The minimum absolute atomic E-state index is 0.117. The molecule has 1 rings (SSSR count). The van der Waals surface area contributed by atoms with E-state index >= 15 is 0 Å². The maximum atomic E-state index is 11.3. The van der Waals surface area contributed by atoms with Crippen molar-refractivity contribution in [3.8, 4) is 0 Å². The summed E-state index contributed by atoms with van der Waals surface area (Å²) in [5, 5.41) is 13.6. The van der Waals surface area contributed by atoms with Crippen LogP contribution in [0.2, 0.25) is 0 Å². The first-order chi connectivity index (χ1) is 4.62. The predicted octanol–water partition coefficient (Wildman–Crippen LogP) is -0.373. The molecule has 1 unspecified atom stereocenters. The van der Waals surface area contributed by atoms with Gasteiger partial charge in [0.25, 0.3) is 5.24 Å². The second-order valence-electron chi connectivity index (χ2n) is 2.45. The number of carbonyl (C=O) groups excluding carboxylic acids is 1. The Kier molecular flexibility index (Phi) is 2.25. The van der Waals surface area contributed by atoms with Crippen molar-refractivity contribution in [2.75, 3.05) is 26.3 Å². The van der Waals surface area contributed by atoms with Crippen LogP contribution in [-0.2, 0) is 4.79 Å². The molecule has 0 radical (unpaired) electrons. The molecule has 0 aromatic heterocycles. The van der Waals surface area contributed by atoms with Crippen molar-refractivity contribution in [3.63, 3.8) is 0 Å². The van der Waals surface area contributed by atoms with Gasteiger partial charge in [0, 0.05) is 0 Å². The van der Waals surface area contributed by atoms with Gasteiger partial charge in [-0.15, -0.1) is 0 Å². The summed E-state index contributed by atoms with van der Waals surface area (Å²) < 4.78 is -0.512. The van der Waals surface area contributed by atoms with Crippen molar-refractivity contribution < 1.29 is 9.44 Å². The number of rotatable bonds is 2. The van der Waals surface area contributed by atoms with Crippen molar-refractivity contribution in [1.29, 1.82) is 0 Å². The average Bonchev–Trinajstić information content (AvgIpc) is 2.12. The Morgan fingerprint density at radius 3 is 2.90 bits per heavy atom. The van der Waals surface area contributed by atoms with E-state index in [2.05, 4.69) is 5.32 Å². The minimum Gasteiger partial charge on any atom is -0.631 e. The molecule has 0 aliphatic carbocycles. The normalized spacial score (nSPS) is 32.6. The lowest BCUT2D eigenvalue weighted by atomic mass is 10.5. The number of hydroxylamine groups is 3. The van der Waals surface area contributed by atoms with Crippen LogP contribution in [0.1, 0.15) is 0 Å². The molecule has 1 heterocycles. The fourth-order valence-electron chi connectivity index (χ4n) is 1.01. The average molecular weight is 165 g/mol. The molecule has 0 saturated carbocycles. The third-order valence-electron chi connectivity index (χ3n) is 1.51. The summed E-state index contributed by atoms with van der Waals surface area (Å²) in [5.41, 5.74) is 0. The van der Waals surface area contributed by atoms with Gasteiger partial charge in [-0.2, -0.15) is 0 Å². The topological polar surface area (TPSA) is 52.2 Å². The SMILES string of the molecule is O=C(Cl)C[N+]1([O-])CCNC1. The largest absolute Gasteiger partial charge is 0.631 e. The maximum absolute atomic E-state index is 11.3. The van der Waals surface area contributed by atoms with Gasteiger partial charge in [-0.3, -0.25) is 10.1 Å². The molecule has 0 spiro atoms. The fourth-order valence-corrected chi connectivity index (χ4v) is 1.22. The quantitative estimate of drug-likeness (QED) is 0.344. The van der Waals surface area contributed by atoms with Crippen LogP contribution in [0, 0.1) is 5.21 Å². The summed E-state index contributed by atoms with van der Waals surface area (Å²) in [6, 6.07) is 0. The first kappa shape index (κ1) is 7.94. The molecule has 1 saturated heterocycles. The van der Waals surface area contributed by atoms with Crippen molar-refractivity contribution in [2.24, 2.45) is 0 Å². The third-order valence-corrected chi connectivity index (χ3v) is 1.63. The van der Waals surface area contributed by atoms with E-state index in [1.165, 1.54) is 0 Å². The van der Waals surface area contributed by atoms with Crippen LogP contribution in [0.15, 0.2) is 0 Å². The molecule has 5 heteroatoms. The predicted molar refractivity (Wildman–Crippen MR) is 37.1 cm³/mol. The van der Waals surface area contributed by atoms with Crippen LogP contribution in [0.3, 0.4) is 0 Å². The number of hydrogen-bond acceptors (Lipinski definition) is 3. The summed E-state index contributed by atoms with van der Waals surface area (Å²) in [4.78, 5) is 10.3. The second kappa shape index (κ2) is 2.84. The highest BCUT2D eigenvalue weighted by molar-refractivity contribution is 6.63. The molecular weight excluding hydrogens is 156 g/mol. The zero-order valence-electron chi connectivity index (χ0n) is 5.47. The van der Waals surface area contributed by atoms with Gasteiger partial charge in [0.15, 0.2) is 6.54 Å². The number of carbonyl (C=O) groups is 1. The van der Waals surface area contributed by atoms with E-state index in [1.54, 1.807) is 0 Å². The minimum atomic E-state index is -0.557. The lowest BCUT2D eigenvalue weighted by Crippen LogP contribution is -2.43. The number of nitrogens with zero attached hydrogens (tertiary/aromatic N) is 1. The molecule has 1 aliphatic rings. The van der Waals surface area contributed by atoms with Gasteiger partial charge < -0.3 is 9.85 Å². The molecule has 0 aromatic rings. The van der Waals surface area contributed by atoms with E-state index in [-0.39, 0.29) is 6.54 Å². The van der Waals surface area contributed by atoms with Crippen molar-refractivity contribution in [3.05, 3.63) is 5.21 Å². The van der Waals surface area contributed by atoms with Crippen LogP contribution in [0.25, 0.3) is 0 Å². The number of halogens is 1. The maximum Gasteiger partial charge on any atom is 0.276 e. The first-order valence-corrected chi connectivity index (χ1v) is 3.46. The molecule has 0 amide bonds. The van der Waals surface area contributed by atoms with Crippen molar-refractivity contribution in [1.82, 2.24) is 5.32 Å². The lowest BCUT2D eigenvalue weighted by molar-refractivity contribution is -0.860. The molecular formula is C5H9ClN2O2. The van der Waals surface area contributed by atoms with Gasteiger partial charge in [-0.1, -0.05) is 0 Å². The molecule has 58 valence electrons. The van der Waals surface area contributed by atoms with Gasteiger partial charge in [-0.25, -0.2) is 0 Å². The Hall–Kier alpha value is -0.160. The Morgan fingerprint density at radius 1 is 1.80 bits per heavy atom. The zero-order chi connectivity index (χ0) is 7.61. The summed E-state index contributed by atoms with van der Waals surface area (Å²) in [7, 11) is 0. The third kappa shape index (κ3) is 1.91. The molecule has 0 bridgehead atoms.